The third kappa shape index (κ3) is 2.77. The quantitative estimate of drug-likeness (QED) is 0.932. The van der Waals surface area contributed by atoms with Gasteiger partial charge in [0.1, 0.15) is 11.5 Å². The van der Waals surface area contributed by atoms with Crippen molar-refractivity contribution >= 4 is 5.91 Å². The Hall–Kier alpha value is -2.29. The summed E-state index contributed by atoms with van der Waals surface area (Å²) in [7, 11) is 0. The molecule has 21 heavy (non-hydrogen) atoms. The Labute approximate surface area is 124 Å². The minimum Gasteiger partial charge on any atom is -0.457 e. The van der Waals surface area contributed by atoms with Gasteiger partial charge in [-0.05, 0) is 30.5 Å². The molecule has 3 nitrogen and oxygen atoms in total. The zero-order valence-corrected chi connectivity index (χ0v) is 12.1. The summed E-state index contributed by atoms with van der Waals surface area (Å²) in [6.07, 6.45) is 1.61. The van der Waals surface area contributed by atoms with Crippen LogP contribution in [0.1, 0.15) is 30.4 Å². The van der Waals surface area contributed by atoms with Crippen molar-refractivity contribution in [2.75, 3.05) is 6.54 Å². The number of fused-ring (bicyclic) bond motifs is 2. The van der Waals surface area contributed by atoms with Crippen LogP contribution >= 0.6 is 0 Å². The fourth-order valence-corrected chi connectivity index (χ4v) is 2.69. The predicted molar refractivity (Wildman–Crippen MR) is 82.7 cm³/mol. The Morgan fingerprint density at radius 2 is 1.86 bits per heavy atom. The first-order valence-corrected chi connectivity index (χ1v) is 7.42. The van der Waals surface area contributed by atoms with Crippen molar-refractivity contribution in [1.82, 2.24) is 5.32 Å². The summed E-state index contributed by atoms with van der Waals surface area (Å²) in [4.78, 5) is 12.5. The molecule has 2 aromatic carbocycles. The summed E-state index contributed by atoms with van der Waals surface area (Å²) in [6.45, 7) is 2.76. The molecule has 0 spiro atoms. The number of nitrogens with one attached hydrogen (secondary N) is 1. The first kappa shape index (κ1) is 13.7. The zero-order chi connectivity index (χ0) is 14.7. The fourth-order valence-electron chi connectivity index (χ4n) is 2.69. The molecule has 1 heterocycles. The highest BCUT2D eigenvalue weighted by molar-refractivity contribution is 5.85. The lowest BCUT2D eigenvalue weighted by molar-refractivity contribution is -0.122. The molecule has 1 aliphatic heterocycles. The number of carbonyl (C=O) groups excluding carboxylic acids is 1. The smallest absolute Gasteiger partial charge is 0.228 e. The van der Waals surface area contributed by atoms with Crippen molar-refractivity contribution in [3.8, 4) is 11.5 Å². The van der Waals surface area contributed by atoms with Crippen LogP contribution in [0.2, 0.25) is 0 Å². The monoisotopic (exact) mass is 281 g/mol. The van der Waals surface area contributed by atoms with Crippen molar-refractivity contribution in [2.45, 2.75) is 25.7 Å². The van der Waals surface area contributed by atoms with Crippen molar-refractivity contribution in [1.29, 1.82) is 0 Å². The lowest BCUT2D eigenvalue weighted by Crippen LogP contribution is -2.30. The molecular formula is C18H19NO2. The average molecular weight is 281 g/mol. The molecule has 3 rings (SSSR count). The molecular weight excluding hydrogens is 262 g/mol. The van der Waals surface area contributed by atoms with Crippen molar-refractivity contribution in [3.05, 3.63) is 59.7 Å². The van der Waals surface area contributed by atoms with Crippen LogP contribution in [0.25, 0.3) is 0 Å². The standard InChI is InChI=1S/C18H19NO2/c1-2-11-19-18(20)15-12-13-7-3-5-9-16(13)21-17-10-6-4-8-14(15)17/h3-10,15H,2,11-12H2,1H3,(H,19,20). The maximum atomic E-state index is 12.5. The maximum absolute atomic E-state index is 12.5. The van der Waals surface area contributed by atoms with Gasteiger partial charge in [0.05, 0.1) is 5.92 Å². The Morgan fingerprint density at radius 3 is 2.67 bits per heavy atom. The van der Waals surface area contributed by atoms with E-state index in [1.54, 1.807) is 0 Å². The van der Waals surface area contributed by atoms with Gasteiger partial charge in [-0.3, -0.25) is 4.79 Å². The number of amides is 1. The van der Waals surface area contributed by atoms with E-state index in [1.807, 2.05) is 48.5 Å². The van der Waals surface area contributed by atoms with E-state index in [-0.39, 0.29) is 11.8 Å². The van der Waals surface area contributed by atoms with E-state index in [2.05, 4.69) is 12.2 Å². The summed E-state index contributed by atoms with van der Waals surface area (Å²) >= 11 is 0. The van der Waals surface area contributed by atoms with E-state index in [4.69, 9.17) is 4.74 Å². The SMILES string of the molecule is CCCNC(=O)C1Cc2ccccc2Oc2ccccc21. The van der Waals surface area contributed by atoms with Crippen LogP contribution in [0, 0.1) is 0 Å². The minimum atomic E-state index is -0.198. The van der Waals surface area contributed by atoms with Gasteiger partial charge in [0.2, 0.25) is 5.91 Å². The summed E-state index contributed by atoms with van der Waals surface area (Å²) < 4.78 is 6.01. The molecule has 1 N–H and O–H groups in total. The highest BCUT2D eigenvalue weighted by Crippen LogP contribution is 2.39. The Bertz CT molecular complexity index is 651. The molecule has 0 radical (unpaired) electrons. The zero-order valence-electron chi connectivity index (χ0n) is 12.1. The van der Waals surface area contributed by atoms with E-state index in [1.165, 1.54) is 0 Å². The molecule has 2 aromatic rings. The third-order valence-corrected chi connectivity index (χ3v) is 3.78. The van der Waals surface area contributed by atoms with Gasteiger partial charge in [0.25, 0.3) is 0 Å². The second-order valence-corrected chi connectivity index (χ2v) is 5.30. The van der Waals surface area contributed by atoms with Crippen LogP contribution in [0.5, 0.6) is 11.5 Å². The number of carbonyl (C=O) groups is 1. The lowest BCUT2D eigenvalue weighted by atomic mass is 9.91. The van der Waals surface area contributed by atoms with Gasteiger partial charge < -0.3 is 10.1 Å². The maximum Gasteiger partial charge on any atom is 0.228 e. The lowest BCUT2D eigenvalue weighted by Gasteiger charge is -2.16. The summed E-state index contributed by atoms with van der Waals surface area (Å²) in [6, 6.07) is 15.7. The van der Waals surface area contributed by atoms with Crippen molar-refractivity contribution in [2.24, 2.45) is 0 Å². The first-order valence-electron chi connectivity index (χ1n) is 7.42. The molecule has 3 heteroatoms. The number of ether oxygens (including phenoxy) is 1. The van der Waals surface area contributed by atoms with E-state index in [0.717, 1.165) is 29.0 Å². The molecule has 108 valence electrons. The van der Waals surface area contributed by atoms with Crippen LogP contribution in [0.4, 0.5) is 0 Å². The predicted octanol–water partition coefficient (Wildman–Crippen LogP) is 3.64. The van der Waals surface area contributed by atoms with Crippen LogP contribution in [0.3, 0.4) is 0 Å². The van der Waals surface area contributed by atoms with E-state index >= 15 is 0 Å². The molecule has 0 fully saturated rings. The summed E-state index contributed by atoms with van der Waals surface area (Å²) in [5.41, 5.74) is 2.03. The van der Waals surface area contributed by atoms with Gasteiger partial charge in [-0.1, -0.05) is 43.3 Å². The number of rotatable bonds is 3. The molecule has 1 aliphatic rings. The van der Waals surface area contributed by atoms with E-state index in [0.29, 0.717) is 13.0 Å². The molecule has 0 bridgehead atoms. The fraction of sp³-hybridized carbons (Fsp3) is 0.278. The van der Waals surface area contributed by atoms with Crippen LogP contribution in [-0.4, -0.2) is 12.5 Å². The summed E-state index contributed by atoms with van der Waals surface area (Å²) in [5.74, 6) is 1.50. The van der Waals surface area contributed by atoms with Crippen LogP contribution in [0.15, 0.2) is 48.5 Å². The van der Waals surface area contributed by atoms with Gasteiger partial charge in [0, 0.05) is 12.1 Å². The van der Waals surface area contributed by atoms with Crippen molar-refractivity contribution < 1.29 is 9.53 Å². The second kappa shape index (κ2) is 6.00. The highest BCUT2D eigenvalue weighted by Gasteiger charge is 2.28. The van der Waals surface area contributed by atoms with Gasteiger partial charge in [0.15, 0.2) is 0 Å². The normalized spacial score (nSPS) is 16.1. The largest absolute Gasteiger partial charge is 0.457 e. The summed E-state index contributed by atoms with van der Waals surface area (Å²) in [5, 5.41) is 3.01. The second-order valence-electron chi connectivity index (χ2n) is 5.30. The van der Waals surface area contributed by atoms with Crippen LogP contribution in [-0.2, 0) is 11.2 Å². The molecule has 0 saturated carbocycles. The third-order valence-electron chi connectivity index (χ3n) is 3.78. The number of hydrogen-bond donors (Lipinski definition) is 1. The van der Waals surface area contributed by atoms with Crippen molar-refractivity contribution in [3.63, 3.8) is 0 Å². The number of para-hydroxylation sites is 2. The Balaban J connectivity index is 2.01. The van der Waals surface area contributed by atoms with Gasteiger partial charge in [-0.2, -0.15) is 0 Å². The number of hydrogen-bond acceptors (Lipinski definition) is 2. The van der Waals surface area contributed by atoms with Gasteiger partial charge in [-0.15, -0.1) is 0 Å². The molecule has 0 aromatic heterocycles. The molecule has 0 saturated heterocycles. The van der Waals surface area contributed by atoms with E-state index < -0.39 is 0 Å². The minimum absolute atomic E-state index is 0.0737. The molecule has 1 unspecified atom stereocenters. The Kier molecular flexibility index (Phi) is 3.91. The van der Waals surface area contributed by atoms with E-state index in [9.17, 15) is 4.79 Å². The topological polar surface area (TPSA) is 38.3 Å². The molecule has 0 aliphatic carbocycles. The van der Waals surface area contributed by atoms with Crippen LogP contribution < -0.4 is 10.1 Å². The molecule has 1 atom stereocenters. The average Bonchev–Trinajstić information content (AvgIpc) is 2.69. The molecule has 1 amide bonds. The van der Waals surface area contributed by atoms with Gasteiger partial charge in [-0.25, -0.2) is 0 Å². The highest BCUT2D eigenvalue weighted by atomic mass is 16.5. The Morgan fingerprint density at radius 1 is 1.14 bits per heavy atom. The number of benzene rings is 2. The first-order chi connectivity index (χ1) is 10.3. The van der Waals surface area contributed by atoms with Gasteiger partial charge >= 0.3 is 0 Å².